The van der Waals surface area contributed by atoms with Crippen LogP contribution in [0.5, 0.6) is 0 Å². The first-order valence-electron chi connectivity index (χ1n) is 8.93. The van der Waals surface area contributed by atoms with Crippen LogP contribution in [0, 0.1) is 0 Å². The highest BCUT2D eigenvalue weighted by Crippen LogP contribution is 2.18. The lowest BCUT2D eigenvalue weighted by Crippen LogP contribution is -2.47. The molecule has 3 rings (SSSR count). The summed E-state index contributed by atoms with van der Waals surface area (Å²) in [4.78, 5) is 28.9. The van der Waals surface area contributed by atoms with Crippen LogP contribution in [0.3, 0.4) is 0 Å². The molecule has 7 nitrogen and oxygen atoms in total. The molecule has 0 atom stereocenters. The van der Waals surface area contributed by atoms with E-state index >= 15 is 0 Å². The van der Waals surface area contributed by atoms with Gasteiger partial charge in [-0.1, -0.05) is 12.1 Å². The van der Waals surface area contributed by atoms with E-state index in [-0.39, 0.29) is 11.0 Å². The fourth-order valence-corrected chi connectivity index (χ4v) is 3.02. The standard InChI is InChI=1S/C20H22N4O3S/c1-23-10-12-24(13-11-23)19(26)16-6-2-3-7-17(16)21-20(28)22-18(25)9-8-15-5-4-14-27-15/h2-9,14H,10-13H2,1H3,(H2,21,22,25,28)/b9-8+. The van der Waals surface area contributed by atoms with Crippen LogP contribution in [-0.2, 0) is 4.79 Å². The van der Waals surface area contributed by atoms with Gasteiger partial charge in [0, 0.05) is 32.3 Å². The number of hydrogen-bond acceptors (Lipinski definition) is 5. The minimum Gasteiger partial charge on any atom is -0.465 e. The number of nitrogens with zero attached hydrogens (tertiary/aromatic N) is 2. The molecular weight excluding hydrogens is 376 g/mol. The molecule has 0 saturated carbocycles. The molecule has 8 heteroatoms. The number of furan rings is 1. The molecule has 1 fully saturated rings. The van der Waals surface area contributed by atoms with Crippen molar-refractivity contribution in [2.24, 2.45) is 0 Å². The molecule has 1 aromatic carbocycles. The molecule has 0 aliphatic carbocycles. The highest BCUT2D eigenvalue weighted by Gasteiger charge is 2.22. The van der Waals surface area contributed by atoms with Gasteiger partial charge in [-0.3, -0.25) is 14.9 Å². The normalized spacial score (nSPS) is 14.8. The van der Waals surface area contributed by atoms with Gasteiger partial charge in [-0.05, 0) is 49.6 Å². The molecule has 28 heavy (non-hydrogen) atoms. The Balaban J connectivity index is 1.61. The Morgan fingerprint density at radius 1 is 1.11 bits per heavy atom. The number of hydrogen-bond donors (Lipinski definition) is 2. The van der Waals surface area contributed by atoms with Crippen LogP contribution in [0.4, 0.5) is 5.69 Å². The molecule has 2 amide bonds. The molecule has 0 bridgehead atoms. The van der Waals surface area contributed by atoms with Crippen LogP contribution in [0.15, 0.2) is 53.2 Å². The number of para-hydroxylation sites is 1. The summed E-state index contributed by atoms with van der Waals surface area (Å²) in [6, 6.07) is 10.6. The van der Waals surface area contributed by atoms with Crippen LogP contribution in [0.1, 0.15) is 16.1 Å². The summed E-state index contributed by atoms with van der Waals surface area (Å²) in [6.45, 7) is 3.06. The third kappa shape index (κ3) is 5.28. The van der Waals surface area contributed by atoms with Crippen molar-refractivity contribution in [2.75, 3.05) is 38.5 Å². The van der Waals surface area contributed by atoms with Gasteiger partial charge in [0.05, 0.1) is 17.5 Å². The van der Waals surface area contributed by atoms with Gasteiger partial charge < -0.3 is 19.5 Å². The Morgan fingerprint density at radius 2 is 1.86 bits per heavy atom. The van der Waals surface area contributed by atoms with Crippen LogP contribution < -0.4 is 10.6 Å². The molecule has 1 aromatic heterocycles. The van der Waals surface area contributed by atoms with Gasteiger partial charge in [-0.15, -0.1) is 0 Å². The van der Waals surface area contributed by atoms with Crippen LogP contribution in [-0.4, -0.2) is 60.0 Å². The third-order valence-electron chi connectivity index (χ3n) is 4.38. The molecule has 0 radical (unpaired) electrons. The second kappa shape index (κ2) is 9.29. The van der Waals surface area contributed by atoms with E-state index in [0.29, 0.717) is 30.1 Å². The molecule has 2 heterocycles. The van der Waals surface area contributed by atoms with Crippen molar-refractivity contribution in [2.45, 2.75) is 0 Å². The fraction of sp³-hybridized carbons (Fsp3) is 0.250. The Kier molecular flexibility index (Phi) is 6.57. The third-order valence-corrected chi connectivity index (χ3v) is 4.58. The number of likely N-dealkylation sites (N-methyl/N-ethyl adjacent to an activating group) is 1. The van der Waals surface area contributed by atoms with E-state index in [0.717, 1.165) is 13.1 Å². The average molecular weight is 398 g/mol. The van der Waals surface area contributed by atoms with Gasteiger partial charge in [0.2, 0.25) is 5.91 Å². The number of anilines is 1. The summed E-state index contributed by atoms with van der Waals surface area (Å²) in [7, 11) is 2.04. The summed E-state index contributed by atoms with van der Waals surface area (Å²) in [6.07, 6.45) is 4.40. The van der Waals surface area contributed by atoms with Gasteiger partial charge in [-0.2, -0.15) is 0 Å². The topological polar surface area (TPSA) is 77.8 Å². The Labute approximate surface area is 169 Å². The number of amides is 2. The first-order valence-corrected chi connectivity index (χ1v) is 9.34. The zero-order valence-electron chi connectivity index (χ0n) is 15.6. The Morgan fingerprint density at radius 3 is 2.57 bits per heavy atom. The minimum absolute atomic E-state index is 0.0527. The summed E-state index contributed by atoms with van der Waals surface area (Å²) < 4.78 is 5.13. The first-order chi connectivity index (χ1) is 13.5. The lowest BCUT2D eigenvalue weighted by atomic mass is 10.1. The molecule has 2 aromatic rings. The highest BCUT2D eigenvalue weighted by atomic mass is 32.1. The summed E-state index contributed by atoms with van der Waals surface area (Å²) >= 11 is 5.21. The average Bonchev–Trinajstić information content (AvgIpc) is 3.20. The largest absolute Gasteiger partial charge is 0.465 e. The molecule has 0 spiro atoms. The van der Waals surface area contributed by atoms with Gasteiger partial charge >= 0.3 is 0 Å². The number of piperazine rings is 1. The van der Waals surface area contributed by atoms with Crippen molar-refractivity contribution in [3.05, 3.63) is 60.1 Å². The van der Waals surface area contributed by atoms with E-state index in [9.17, 15) is 9.59 Å². The zero-order chi connectivity index (χ0) is 19.9. The van der Waals surface area contributed by atoms with Gasteiger partial charge in [-0.25, -0.2) is 0 Å². The predicted molar refractivity (Wildman–Crippen MR) is 112 cm³/mol. The summed E-state index contributed by atoms with van der Waals surface area (Å²) in [5.41, 5.74) is 1.08. The van der Waals surface area contributed by atoms with Crippen molar-refractivity contribution >= 4 is 40.9 Å². The lowest BCUT2D eigenvalue weighted by molar-refractivity contribution is -0.115. The highest BCUT2D eigenvalue weighted by molar-refractivity contribution is 7.80. The van der Waals surface area contributed by atoms with E-state index in [2.05, 4.69) is 15.5 Å². The molecule has 1 aliphatic heterocycles. The van der Waals surface area contributed by atoms with Crippen molar-refractivity contribution in [3.63, 3.8) is 0 Å². The van der Waals surface area contributed by atoms with Crippen molar-refractivity contribution < 1.29 is 14.0 Å². The fourth-order valence-electron chi connectivity index (χ4n) is 2.81. The monoisotopic (exact) mass is 398 g/mol. The van der Waals surface area contributed by atoms with E-state index in [1.54, 1.807) is 30.3 Å². The number of rotatable bonds is 4. The molecular formula is C20H22N4O3S. The van der Waals surface area contributed by atoms with Crippen molar-refractivity contribution in [3.8, 4) is 0 Å². The van der Waals surface area contributed by atoms with Crippen LogP contribution in [0.25, 0.3) is 6.08 Å². The number of nitrogens with one attached hydrogen (secondary N) is 2. The van der Waals surface area contributed by atoms with E-state index in [1.165, 1.54) is 12.3 Å². The summed E-state index contributed by atoms with van der Waals surface area (Å²) in [5.74, 6) is 0.122. The molecule has 1 aliphatic rings. The first kappa shape index (κ1) is 19.8. The van der Waals surface area contributed by atoms with Gasteiger partial charge in [0.15, 0.2) is 5.11 Å². The van der Waals surface area contributed by atoms with Crippen molar-refractivity contribution in [1.82, 2.24) is 15.1 Å². The SMILES string of the molecule is CN1CCN(C(=O)c2ccccc2NC(=S)NC(=O)/C=C/c2ccco2)CC1. The van der Waals surface area contributed by atoms with E-state index < -0.39 is 5.91 Å². The maximum Gasteiger partial charge on any atom is 0.256 e. The maximum atomic E-state index is 12.9. The second-order valence-electron chi connectivity index (χ2n) is 6.43. The lowest BCUT2D eigenvalue weighted by Gasteiger charge is -2.32. The number of carbonyl (C=O) groups excluding carboxylic acids is 2. The van der Waals surface area contributed by atoms with Gasteiger partial charge in [0.25, 0.3) is 5.91 Å². The number of thiocarbonyl (C=S) groups is 1. The number of carbonyl (C=O) groups is 2. The van der Waals surface area contributed by atoms with Gasteiger partial charge in [0.1, 0.15) is 5.76 Å². The molecule has 2 N–H and O–H groups in total. The molecule has 1 saturated heterocycles. The Hall–Kier alpha value is -2.97. The van der Waals surface area contributed by atoms with Crippen LogP contribution in [0.2, 0.25) is 0 Å². The number of benzene rings is 1. The van der Waals surface area contributed by atoms with E-state index in [1.807, 2.05) is 24.1 Å². The minimum atomic E-state index is -0.392. The zero-order valence-corrected chi connectivity index (χ0v) is 16.4. The smallest absolute Gasteiger partial charge is 0.256 e. The van der Waals surface area contributed by atoms with Crippen LogP contribution >= 0.6 is 12.2 Å². The quantitative estimate of drug-likeness (QED) is 0.607. The van der Waals surface area contributed by atoms with E-state index in [4.69, 9.17) is 16.6 Å². The molecule has 146 valence electrons. The molecule has 0 unspecified atom stereocenters. The second-order valence-corrected chi connectivity index (χ2v) is 6.84. The van der Waals surface area contributed by atoms with Crippen molar-refractivity contribution in [1.29, 1.82) is 0 Å². The Bertz CT molecular complexity index is 871. The maximum absolute atomic E-state index is 12.9. The summed E-state index contributed by atoms with van der Waals surface area (Å²) in [5, 5.41) is 5.63. The predicted octanol–water partition coefficient (Wildman–Crippen LogP) is 2.19.